The van der Waals surface area contributed by atoms with Crippen LogP contribution < -0.4 is 14.2 Å². The molecule has 112 valence electrons. The van der Waals surface area contributed by atoms with E-state index in [1.54, 1.807) is 43.5 Å². The first kappa shape index (κ1) is 15.4. The zero-order chi connectivity index (χ0) is 15.1. The molecule has 0 N–H and O–H groups in total. The average molecular weight is 311 g/mol. The molecule has 0 bridgehead atoms. The topological polar surface area (TPSA) is 27.7 Å². The van der Waals surface area contributed by atoms with E-state index in [1.165, 1.54) is 6.07 Å². The van der Waals surface area contributed by atoms with Crippen molar-refractivity contribution in [2.24, 2.45) is 0 Å². The van der Waals surface area contributed by atoms with Gasteiger partial charge in [-0.25, -0.2) is 4.39 Å². The summed E-state index contributed by atoms with van der Waals surface area (Å²) >= 11 is 5.63. The van der Waals surface area contributed by atoms with Gasteiger partial charge in [0.15, 0.2) is 11.6 Å². The van der Waals surface area contributed by atoms with Gasteiger partial charge in [0.05, 0.1) is 7.11 Å². The number of hydrogen-bond donors (Lipinski definition) is 0. The van der Waals surface area contributed by atoms with Gasteiger partial charge in [-0.3, -0.25) is 0 Å². The van der Waals surface area contributed by atoms with Crippen LogP contribution in [-0.4, -0.2) is 20.3 Å². The van der Waals surface area contributed by atoms with Crippen molar-refractivity contribution in [3.63, 3.8) is 0 Å². The third kappa shape index (κ3) is 4.53. The van der Waals surface area contributed by atoms with Crippen LogP contribution in [0.15, 0.2) is 42.5 Å². The Hall–Kier alpha value is -1.94. The van der Waals surface area contributed by atoms with E-state index in [-0.39, 0.29) is 18.2 Å². The molecule has 0 aliphatic heterocycles. The molecule has 3 nitrogen and oxygen atoms in total. The van der Waals surface area contributed by atoms with Crippen LogP contribution in [0.3, 0.4) is 0 Å². The van der Waals surface area contributed by atoms with Crippen LogP contribution in [0.25, 0.3) is 0 Å². The summed E-state index contributed by atoms with van der Waals surface area (Å²) in [5.41, 5.74) is 0.719. The lowest BCUT2D eigenvalue weighted by Gasteiger charge is -2.10. The minimum Gasteiger partial charge on any atom is -0.497 e. The molecular formula is C16H16ClFO3. The summed E-state index contributed by atoms with van der Waals surface area (Å²) in [7, 11) is 1.60. The van der Waals surface area contributed by atoms with Crippen LogP contribution in [0.4, 0.5) is 4.39 Å². The molecule has 0 aliphatic carbocycles. The monoisotopic (exact) mass is 310 g/mol. The average Bonchev–Trinajstić information content (AvgIpc) is 2.53. The molecule has 0 saturated carbocycles. The third-order valence-corrected chi connectivity index (χ3v) is 3.13. The molecule has 2 rings (SSSR count). The molecule has 0 unspecified atom stereocenters. The molecule has 2 aromatic rings. The van der Waals surface area contributed by atoms with Gasteiger partial charge in [-0.1, -0.05) is 6.07 Å². The molecule has 0 saturated heterocycles. The molecule has 2 aromatic carbocycles. The summed E-state index contributed by atoms with van der Waals surface area (Å²) in [5.74, 6) is 1.52. The number of methoxy groups -OCH3 is 1. The predicted octanol–water partition coefficient (Wildman–Crippen LogP) is 4.03. The van der Waals surface area contributed by atoms with Crippen LogP contribution >= 0.6 is 11.6 Å². The van der Waals surface area contributed by atoms with E-state index < -0.39 is 5.82 Å². The lowest BCUT2D eigenvalue weighted by atomic mass is 10.2. The summed E-state index contributed by atoms with van der Waals surface area (Å²) in [6, 6.07) is 11.9. The standard InChI is InChI=1S/C16H16ClFO3/c1-19-13-3-5-14(6-4-13)20-8-9-21-16-7-2-12(11-17)10-15(16)18/h2-7,10H,8-9,11H2,1H3. The number of benzene rings is 2. The maximum atomic E-state index is 13.6. The second-order valence-corrected chi connectivity index (χ2v) is 4.54. The summed E-state index contributed by atoms with van der Waals surface area (Å²) in [6.07, 6.45) is 0. The molecule has 21 heavy (non-hydrogen) atoms. The Morgan fingerprint density at radius 3 is 2.24 bits per heavy atom. The third-order valence-electron chi connectivity index (χ3n) is 2.82. The minimum absolute atomic E-state index is 0.196. The fourth-order valence-electron chi connectivity index (χ4n) is 1.73. The van der Waals surface area contributed by atoms with Crippen molar-refractivity contribution >= 4 is 11.6 Å². The molecule has 0 heterocycles. The van der Waals surface area contributed by atoms with E-state index in [4.69, 9.17) is 25.8 Å². The second kappa shape index (κ2) is 7.74. The summed E-state index contributed by atoms with van der Waals surface area (Å²) in [4.78, 5) is 0. The van der Waals surface area contributed by atoms with Crippen LogP contribution in [0.2, 0.25) is 0 Å². The van der Waals surface area contributed by atoms with Gasteiger partial charge in [0.2, 0.25) is 0 Å². The maximum absolute atomic E-state index is 13.6. The van der Waals surface area contributed by atoms with Crippen molar-refractivity contribution in [1.82, 2.24) is 0 Å². The fraction of sp³-hybridized carbons (Fsp3) is 0.250. The van der Waals surface area contributed by atoms with Gasteiger partial charge in [-0.2, -0.15) is 0 Å². The van der Waals surface area contributed by atoms with Gasteiger partial charge in [0.25, 0.3) is 0 Å². The van der Waals surface area contributed by atoms with Gasteiger partial charge in [0.1, 0.15) is 24.7 Å². The SMILES string of the molecule is COc1ccc(OCCOc2ccc(CCl)cc2F)cc1. The Morgan fingerprint density at radius 2 is 1.62 bits per heavy atom. The van der Waals surface area contributed by atoms with E-state index in [9.17, 15) is 4.39 Å². The van der Waals surface area contributed by atoms with E-state index in [2.05, 4.69) is 0 Å². The summed E-state index contributed by atoms with van der Waals surface area (Å²) < 4.78 is 29.5. The van der Waals surface area contributed by atoms with E-state index in [1.807, 2.05) is 0 Å². The van der Waals surface area contributed by atoms with Gasteiger partial charge >= 0.3 is 0 Å². The highest BCUT2D eigenvalue weighted by molar-refractivity contribution is 6.17. The van der Waals surface area contributed by atoms with Crippen molar-refractivity contribution in [1.29, 1.82) is 0 Å². The Morgan fingerprint density at radius 1 is 0.952 bits per heavy atom. The highest BCUT2D eigenvalue weighted by atomic mass is 35.5. The molecule has 0 atom stereocenters. The number of rotatable bonds is 7. The quantitative estimate of drug-likeness (QED) is 0.571. The number of halogens is 2. The second-order valence-electron chi connectivity index (χ2n) is 4.27. The minimum atomic E-state index is -0.419. The normalized spacial score (nSPS) is 10.2. The first-order chi connectivity index (χ1) is 10.2. The highest BCUT2D eigenvalue weighted by Gasteiger charge is 2.04. The highest BCUT2D eigenvalue weighted by Crippen LogP contribution is 2.20. The zero-order valence-corrected chi connectivity index (χ0v) is 12.4. The van der Waals surface area contributed by atoms with Crippen LogP contribution in [-0.2, 0) is 5.88 Å². The number of ether oxygens (including phenoxy) is 3. The Balaban J connectivity index is 1.78. The lowest BCUT2D eigenvalue weighted by molar-refractivity contribution is 0.211. The van der Waals surface area contributed by atoms with Gasteiger partial charge in [-0.15, -0.1) is 11.6 Å². The van der Waals surface area contributed by atoms with E-state index >= 15 is 0 Å². The maximum Gasteiger partial charge on any atom is 0.165 e. The first-order valence-electron chi connectivity index (χ1n) is 6.47. The predicted molar refractivity (Wildman–Crippen MR) is 79.9 cm³/mol. The van der Waals surface area contributed by atoms with Crippen molar-refractivity contribution < 1.29 is 18.6 Å². The molecule has 0 aromatic heterocycles. The summed E-state index contributed by atoms with van der Waals surface area (Å²) in [6.45, 7) is 0.576. The summed E-state index contributed by atoms with van der Waals surface area (Å²) in [5, 5.41) is 0. The number of alkyl halides is 1. The Labute approximate surface area is 128 Å². The van der Waals surface area contributed by atoms with E-state index in [0.29, 0.717) is 12.4 Å². The van der Waals surface area contributed by atoms with Gasteiger partial charge in [0, 0.05) is 5.88 Å². The van der Waals surface area contributed by atoms with Crippen LogP contribution in [0.1, 0.15) is 5.56 Å². The van der Waals surface area contributed by atoms with Crippen molar-refractivity contribution in [3.05, 3.63) is 53.8 Å². The zero-order valence-electron chi connectivity index (χ0n) is 11.6. The van der Waals surface area contributed by atoms with E-state index in [0.717, 1.165) is 11.3 Å². The smallest absolute Gasteiger partial charge is 0.165 e. The molecule has 0 aliphatic rings. The van der Waals surface area contributed by atoms with Crippen LogP contribution in [0, 0.1) is 5.82 Å². The molecule has 0 fully saturated rings. The Bertz CT molecular complexity index is 572. The van der Waals surface area contributed by atoms with Crippen molar-refractivity contribution in [2.45, 2.75) is 5.88 Å². The molecule has 0 amide bonds. The van der Waals surface area contributed by atoms with Crippen LogP contribution in [0.5, 0.6) is 17.2 Å². The largest absolute Gasteiger partial charge is 0.497 e. The molecule has 5 heteroatoms. The van der Waals surface area contributed by atoms with Gasteiger partial charge in [-0.05, 0) is 42.0 Å². The van der Waals surface area contributed by atoms with Crippen molar-refractivity contribution in [3.8, 4) is 17.2 Å². The number of hydrogen-bond acceptors (Lipinski definition) is 3. The molecule has 0 spiro atoms. The molecular weight excluding hydrogens is 295 g/mol. The van der Waals surface area contributed by atoms with Crippen molar-refractivity contribution in [2.75, 3.05) is 20.3 Å². The first-order valence-corrected chi connectivity index (χ1v) is 7.00. The molecule has 0 radical (unpaired) electrons. The Kier molecular flexibility index (Phi) is 5.69. The fourth-order valence-corrected chi connectivity index (χ4v) is 1.89. The lowest BCUT2D eigenvalue weighted by Crippen LogP contribution is -2.09. The van der Waals surface area contributed by atoms with Gasteiger partial charge < -0.3 is 14.2 Å².